The minimum absolute atomic E-state index is 0.00545. The highest BCUT2D eigenvalue weighted by molar-refractivity contribution is 5.88. The third-order valence-electron chi connectivity index (χ3n) is 4.31. The zero-order valence-corrected chi connectivity index (χ0v) is 14.7. The normalized spacial score (nSPS) is 18.5. The van der Waals surface area contributed by atoms with E-state index >= 15 is 0 Å². The van der Waals surface area contributed by atoms with E-state index in [0.29, 0.717) is 25.2 Å². The summed E-state index contributed by atoms with van der Waals surface area (Å²) in [4.78, 5) is 26.0. The molecular weight excluding hydrogens is 347 g/mol. The number of piperazine rings is 1. The van der Waals surface area contributed by atoms with Crippen LogP contribution in [0, 0.1) is 0 Å². The van der Waals surface area contributed by atoms with E-state index in [-0.39, 0.29) is 24.8 Å². The topological polar surface area (TPSA) is 61.4 Å². The van der Waals surface area contributed by atoms with Crippen molar-refractivity contribution in [3.8, 4) is 0 Å². The van der Waals surface area contributed by atoms with Gasteiger partial charge in [0.05, 0.1) is 18.0 Å². The van der Waals surface area contributed by atoms with Crippen molar-refractivity contribution >= 4 is 11.8 Å². The molecule has 8 heteroatoms. The molecule has 0 aliphatic carbocycles. The monoisotopic (exact) mass is 371 g/mol. The molecule has 144 valence electrons. The van der Waals surface area contributed by atoms with Gasteiger partial charge in [-0.25, -0.2) is 0 Å². The number of benzene rings is 1. The fourth-order valence-electron chi connectivity index (χ4n) is 2.91. The standard InChI is InChI=1S/C18H24F3N3O2/c1-2-3-7-22-16(25)11-15-17(26)23-8-9-24(15)12-13-5-4-6-14(10-13)18(19,20)21/h4-6,10,15H,2-3,7-9,11-12H2,1H3,(H,22,25)(H,23,26)/t15-/m1/s1. The summed E-state index contributed by atoms with van der Waals surface area (Å²) in [7, 11) is 0. The van der Waals surface area contributed by atoms with Gasteiger partial charge in [-0.15, -0.1) is 0 Å². The van der Waals surface area contributed by atoms with Crippen LogP contribution in [0.3, 0.4) is 0 Å². The number of carbonyl (C=O) groups excluding carboxylic acids is 2. The van der Waals surface area contributed by atoms with Crippen molar-refractivity contribution in [3.63, 3.8) is 0 Å². The Balaban J connectivity index is 2.05. The van der Waals surface area contributed by atoms with Crippen molar-refractivity contribution in [2.75, 3.05) is 19.6 Å². The first kappa shape index (κ1) is 20.2. The number of alkyl halides is 3. The molecule has 1 atom stereocenters. The SMILES string of the molecule is CCCCNC(=O)C[C@@H]1C(=O)NCCN1Cc1cccc(C(F)(F)F)c1. The van der Waals surface area contributed by atoms with Crippen molar-refractivity contribution in [1.82, 2.24) is 15.5 Å². The number of hydrogen-bond donors (Lipinski definition) is 2. The maximum Gasteiger partial charge on any atom is 0.416 e. The van der Waals surface area contributed by atoms with Gasteiger partial charge in [-0.2, -0.15) is 13.2 Å². The summed E-state index contributed by atoms with van der Waals surface area (Å²) in [6.45, 7) is 3.64. The summed E-state index contributed by atoms with van der Waals surface area (Å²) in [5.41, 5.74) is -0.253. The van der Waals surface area contributed by atoms with Gasteiger partial charge in [0.1, 0.15) is 0 Å². The molecule has 1 fully saturated rings. The fraction of sp³-hybridized carbons (Fsp3) is 0.556. The second-order valence-electron chi connectivity index (χ2n) is 6.38. The molecule has 5 nitrogen and oxygen atoms in total. The molecule has 0 saturated carbocycles. The Hall–Kier alpha value is -2.09. The molecule has 2 amide bonds. The lowest BCUT2D eigenvalue weighted by Crippen LogP contribution is -2.56. The molecule has 1 aliphatic rings. The van der Waals surface area contributed by atoms with Crippen LogP contribution in [0.25, 0.3) is 0 Å². The van der Waals surface area contributed by atoms with E-state index in [0.717, 1.165) is 25.0 Å². The minimum Gasteiger partial charge on any atom is -0.356 e. The van der Waals surface area contributed by atoms with E-state index in [1.807, 2.05) is 6.92 Å². The molecule has 0 unspecified atom stereocenters. The number of hydrogen-bond acceptors (Lipinski definition) is 3. The second-order valence-corrected chi connectivity index (χ2v) is 6.38. The molecular formula is C18H24F3N3O2. The lowest BCUT2D eigenvalue weighted by molar-refractivity contribution is -0.137. The number of amides is 2. The predicted octanol–water partition coefficient (Wildman–Crippen LogP) is 2.31. The van der Waals surface area contributed by atoms with E-state index in [2.05, 4.69) is 10.6 Å². The molecule has 1 aromatic rings. The molecule has 2 N–H and O–H groups in total. The molecule has 1 aliphatic heterocycles. The van der Waals surface area contributed by atoms with Gasteiger partial charge in [0, 0.05) is 26.2 Å². The van der Waals surface area contributed by atoms with Crippen LogP contribution in [0.15, 0.2) is 24.3 Å². The van der Waals surface area contributed by atoms with Crippen LogP contribution in [0.4, 0.5) is 13.2 Å². The van der Waals surface area contributed by atoms with Crippen molar-refractivity contribution in [3.05, 3.63) is 35.4 Å². The minimum atomic E-state index is -4.41. The van der Waals surface area contributed by atoms with E-state index in [1.165, 1.54) is 6.07 Å². The highest BCUT2D eigenvalue weighted by atomic mass is 19.4. The van der Waals surface area contributed by atoms with Crippen LogP contribution in [0.1, 0.15) is 37.3 Å². The average Bonchev–Trinajstić information content (AvgIpc) is 2.58. The Kier molecular flexibility index (Phi) is 7.02. The maximum absolute atomic E-state index is 12.9. The fourth-order valence-corrected chi connectivity index (χ4v) is 2.91. The average molecular weight is 371 g/mol. The van der Waals surface area contributed by atoms with Gasteiger partial charge in [-0.1, -0.05) is 31.5 Å². The number of halogens is 3. The summed E-state index contributed by atoms with van der Waals surface area (Å²) < 4.78 is 38.6. The maximum atomic E-state index is 12.9. The zero-order valence-electron chi connectivity index (χ0n) is 14.7. The number of carbonyl (C=O) groups is 2. The van der Waals surface area contributed by atoms with Crippen LogP contribution in [-0.2, 0) is 22.3 Å². The van der Waals surface area contributed by atoms with Gasteiger partial charge in [-0.05, 0) is 18.1 Å². The van der Waals surface area contributed by atoms with Crippen LogP contribution in [-0.4, -0.2) is 42.4 Å². The van der Waals surface area contributed by atoms with Crippen LogP contribution < -0.4 is 10.6 Å². The summed E-state index contributed by atoms with van der Waals surface area (Å²) in [6.07, 6.45) is -2.61. The third-order valence-corrected chi connectivity index (χ3v) is 4.31. The Labute approximate surface area is 150 Å². The lowest BCUT2D eigenvalue weighted by atomic mass is 10.0. The number of nitrogens with zero attached hydrogens (tertiary/aromatic N) is 1. The van der Waals surface area contributed by atoms with Crippen LogP contribution >= 0.6 is 0 Å². The Morgan fingerprint density at radius 1 is 1.38 bits per heavy atom. The summed E-state index contributed by atoms with van der Waals surface area (Å²) in [5, 5.41) is 5.49. The molecule has 0 aromatic heterocycles. The number of nitrogens with one attached hydrogen (secondary N) is 2. The van der Waals surface area contributed by atoms with E-state index < -0.39 is 17.8 Å². The van der Waals surface area contributed by atoms with Crippen molar-refractivity contribution < 1.29 is 22.8 Å². The molecule has 26 heavy (non-hydrogen) atoms. The molecule has 0 bridgehead atoms. The van der Waals surface area contributed by atoms with E-state index in [9.17, 15) is 22.8 Å². The van der Waals surface area contributed by atoms with Crippen molar-refractivity contribution in [2.45, 2.75) is 44.9 Å². The highest BCUT2D eigenvalue weighted by Gasteiger charge is 2.33. The number of unbranched alkanes of at least 4 members (excludes halogenated alkanes) is 1. The first-order chi connectivity index (χ1) is 12.3. The van der Waals surface area contributed by atoms with Gasteiger partial charge >= 0.3 is 6.18 Å². The largest absolute Gasteiger partial charge is 0.416 e. The van der Waals surface area contributed by atoms with E-state index in [1.54, 1.807) is 11.0 Å². The van der Waals surface area contributed by atoms with Crippen molar-refractivity contribution in [1.29, 1.82) is 0 Å². The lowest BCUT2D eigenvalue weighted by Gasteiger charge is -2.34. The Morgan fingerprint density at radius 2 is 2.15 bits per heavy atom. The van der Waals surface area contributed by atoms with Crippen LogP contribution in [0.2, 0.25) is 0 Å². The Bertz CT molecular complexity index is 634. The molecule has 1 heterocycles. The van der Waals surface area contributed by atoms with E-state index in [4.69, 9.17) is 0 Å². The van der Waals surface area contributed by atoms with Gasteiger partial charge in [0.15, 0.2) is 0 Å². The Morgan fingerprint density at radius 3 is 2.85 bits per heavy atom. The molecule has 0 radical (unpaired) electrons. The van der Waals surface area contributed by atoms with Gasteiger partial charge in [-0.3, -0.25) is 14.5 Å². The predicted molar refractivity (Wildman–Crippen MR) is 91.2 cm³/mol. The van der Waals surface area contributed by atoms with Gasteiger partial charge in [0.2, 0.25) is 11.8 Å². The molecule has 2 rings (SSSR count). The second kappa shape index (κ2) is 9.02. The van der Waals surface area contributed by atoms with Crippen molar-refractivity contribution in [2.24, 2.45) is 0 Å². The third kappa shape index (κ3) is 5.72. The smallest absolute Gasteiger partial charge is 0.356 e. The molecule has 0 spiro atoms. The zero-order chi connectivity index (χ0) is 19.2. The highest BCUT2D eigenvalue weighted by Crippen LogP contribution is 2.30. The summed E-state index contributed by atoms with van der Waals surface area (Å²) >= 11 is 0. The molecule has 1 saturated heterocycles. The van der Waals surface area contributed by atoms with Crippen LogP contribution in [0.5, 0.6) is 0 Å². The quantitative estimate of drug-likeness (QED) is 0.723. The first-order valence-electron chi connectivity index (χ1n) is 8.76. The number of rotatable bonds is 7. The summed E-state index contributed by atoms with van der Waals surface area (Å²) in [6, 6.07) is 4.38. The molecule has 1 aromatic carbocycles. The first-order valence-corrected chi connectivity index (χ1v) is 8.76. The summed E-state index contributed by atoms with van der Waals surface area (Å²) in [5.74, 6) is -0.497. The van der Waals surface area contributed by atoms with Gasteiger partial charge in [0.25, 0.3) is 0 Å². The van der Waals surface area contributed by atoms with Gasteiger partial charge < -0.3 is 10.6 Å².